The zero-order chi connectivity index (χ0) is 10.7. The van der Waals surface area contributed by atoms with E-state index in [1.54, 1.807) is 6.07 Å². The maximum absolute atomic E-state index is 8.61. The van der Waals surface area contributed by atoms with Gasteiger partial charge in [0, 0.05) is 0 Å². The molecule has 0 heterocycles. The molecule has 1 fully saturated rings. The SMILES string of the molecule is N/C(=N\O)c1ccccc1OCC1CC1. The number of para-hydroxylation sites is 1. The van der Waals surface area contributed by atoms with Crippen molar-refractivity contribution >= 4 is 5.84 Å². The molecule has 2 rings (SSSR count). The van der Waals surface area contributed by atoms with Gasteiger partial charge in [-0.15, -0.1) is 0 Å². The average Bonchev–Trinajstić information content (AvgIpc) is 3.09. The monoisotopic (exact) mass is 206 g/mol. The molecule has 0 bridgehead atoms. The van der Waals surface area contributed by atoms with Gasteiger partial charge >= 0.3 is 0 Å². The molecule has 1 aliphatic rings. The lowest BCUT2D eigenvalue weighted by Crippen LogP contribution is -2.15. The molecule has 0 amide bonds. The summed E-state index contributed by atoms with van der Waals surface area (Å²) in [4.78, 5) is 0. The van der Waals surface area contributed by atoms with Gasteiger partial charge in [-0.05, 0) is 30.9 Å². The molecule has 4 heteroatoms. The summed E-state index contributed by atoms with van der Waals surface area (Å²) in [6.45, 7) is 0.718. The van der Waals surface area contributed by atoms with Gasteiger partial charge < -0.3 is 15.7 Å². The third-order valence-electron chi connectivity index (χ3n) is 2.44. The number of nitrogens with two attached hydrogens (primary N) is 1. The summed E-state index contributed by atoms with van der Waals surface area (Å²) in [5.74, 6) is 1.45. The van der Waals surface area contributed by atoms with Gasteiger partial charge in [-0.25, -0.2) is 0 Å². The molecule has 0 aliphatic heterocycles. The van der Waals surface area contributed by atoms with Crippen LogP contribution in [0.4, 0.5) is 0 Å². The predicted octanol–water partition coefficient (Wildman–Crippen LogP) is 1.57. The summed E-state index contributed by atoms with van der Waals surface area (Å²) in [6.07, 6.45) is 2.48. The van der Waals surface area contributed by atoms with E-state index in [2.05, 4.69) is 5.16 Å². The van der Waals surface area contributed by atoms with Crippen LogP contribution >= 0.6 is 0 Å². The summed E-state index contributed by atoms with van der Waals surface area (Å²) >= 11 is 0. The Kier molecular flexibility index (Phi) is 2.76. The summed E-state index contributed by atoms with van der Waals surface area (Å²) in [6, 6.07) is 7.31. The molecule has 80 valence electrons. The van der Waals surface area contributed by atoms with Crippen molar-refractivity contribution in [1.29, 1.82) is 0 Å². The standard InChI is InChI=1S/C11H14N2O2/c12-11(13-14)9-3-1-2-4-10(9)15-7-8-5-6-8/h1-4,8,14H,5-7H2,(H2,12,13). The Morgan fingerprint density at radius 3 is 2.87 bits per heavy atom. The van der Waals surface area contributed by atoms with E-state index in [9.17, 15) is 0 Å². The van der Waals surface area contributed by atoms with Crippen molar-refractivity contribution in [2.45, 2.75) is 12.8 Å². The second-order valence-electron chi connectivity index (χ2n) is 3.74. The lowest BCUT2D eigenvalue weighted by molar-refractivity contribution is 0.297. The van der Waals surface area contributed by atoms with Gasteiger partial charge in [0.15, 0.2) is 5.84 Å². The van der Waals surface area contributed by atoms with E-state index in [1.807, 2.05) is 18.2 Å². The van der Waals surface area contributed by atoms with Crippen molar-refractivity contribution in [3.05, 3.63) is 29.8 Å². The van der Waals surface area contributed by atoms with Crippen LogP contribution in [-0.4, -0.2) is 17.6 Å². The minimum atomic E-state index is 0.0846. The maximum Gasteiger partial charge on any atom is 0.173 e. The lowest BCUT2D eigenvalue weighted by Gasteiger charge is -2.09. The molecule has 0 unspecified atom stereocenters. The summed E-state index contributed by atoms with van der Waals surface area (Å²) in [5, 5.41) is 11.6. The first-order valence-corrected chi connectivity index (χ1v) is 5.01. The third kappa shape index (κ3) is 2.40. The van der Waals surface area contributed by atoms with Gasteiger partial charge in [0.2, 0.25) is 0 Å². The number of rotatable bonds is 4. The molecule has 4 nitrogen and oxygen atoms in total. The van der Waals surface area contributed by atoms with Crippen LogP contribution in [0.2, 0.25) is 0 Å². The number of nitrogens with zero attached hydrogens (tertiary/aromatic N) is 1. The van der Waals surface area contributed by atoms with E-state index >= 15 is 0 Å². The first-order chi connectivity index (χ1) is 7.31. The van der Waals surface area contributed by atoms with Gasteiger partial charge in [-0.3, -0.25) is 0 Å². The van der Waals surface area contributed by atoms with Crippen molar-refractivity contribution in [3.63, 3.8) is 0 Å². The lowest BCUT2D eigenvalue weighted by atomic mass is 10.2. The number of amidine groups is 1. The Morgan fingerprint density at radius 1 is 1.47 bits per heavy atom. The van der Waals surface area contributed by atoms with Crippen LogP contribution in [0.1, 0.15) is 18.4 Å². The van der Waals surface area contributed by atoms with Crippen LogP contribution in [0, 0.1) is 5.92 Å². The summed E-state index contributed by atoms with van der Waals surface area (Å²) in [7, 11) is 0. The molecular weight excluding hydrogens is 192 g/mol. The van der Waals surface area contributed by atoms with E-state index in [0.717, 1.165) is 6.61 Å². The highest BCUT2D eigenvalue weighted by Gasteiger charge is 2.22. The van der Waals surface area contributed by atoms with E-state index in [0.29, 0.717) is 17.2 Å². The highest BCUT2D eigenvalue weighted by Crippen LogP contribution is 2.30. The number of ether oxygens (including phenoxy) is 1. The fourth-order valence-electron chi connectivity index (χ4n) is 1.35. The maximum atomic E-state index is 8.61. The topological polar surface area (TPSA) is 67.8 Å². The minimum Gasteiger partial charge on any atom is -0.493 e. The quantitative estimate of drug-likeness (QED) is 0.340. The second-order valence-corrected chi connectivity index (χ2v) is 3.74. The number of hydrogen-bond donors (Lipinski definition) is 2. The van der Waals surface area contributed by atoms with Gasteiger partial charge in [0.25, 0.3) is 0 Å². The molecule has 0 aromatic heterocycles. The smallest absolute Gasteiger partial charge is 0.173 e. The van der Waals surface area contributed by atoms with Crippen LogP contribution in [0.15, 0.2) is 29.4 Å². The second kappa shape index (κ2) is 4.21. The molecule has 15 heavy (non-hydrogen) atoms. The Hall–Kier alpha value is -1.71. The predicted molar refractivity (Wildman–Crippen MR) is 57.2 cm³/mol. The van der Waals surface area contributed by atoms with Crippen LogP contribution in [0.5, 0.6) is 5.75 Å². The fraction of sp³-hybridized carbons (Fsp3) is 0.364. The molecule has 3 N–H and O–H groups in total. The largest absolute Gasteiger partial charge is 0.493 e. The van der Waals surface area contributed by atoms with E-state index < -0.39 is 0 Å². The Bertz CT molecular complexity index is 373. The molecule has 1 aliphatic carbocycles. The molecule has 0 saturated heterocycles. The third-order valence-corrected chi connectivity index (χ3v) is 2.44. The van der Waals surface area contributed by atoms with Crippen LogP contribution in [-0.2, 0) is 0 Å². The normalized spacial score (nSPS) is 16.4. The molecule has 1 aromatic rings. The molecule has 0 spiro atoms. The number of oxime groups is 1. The molecular formula is C11H14N2O2. The van der Waals surface area contributed by atoms with Crippen molar-refractivity contribution in [3.8, 4) is 5.75 Å². The molecule has 1 aromatic carbocycles. The molecule has 1 saturated carbocycles. The molecule has 0 radical (unpaired) electrons. The first kappa shape index (κ1) is 9.83. The van der Waals surface area contributed by atoms with Crippen molar-refractivity contribution < 1.29 is 9.94 Å². The van der Waals surface area contributed by atoms with Crippen LogP contribution in [0.3, 0.4) is 0 Å². The van der Waals surface area contributed by atoms with Gasteiger partial charge in [0.1, 0.15) is 5.75 Å². The van der Waals surface area contributed by atoms with Gasteiger partial charge in [0.05, 0.1) is 12.2 Å². The van der Waals surface area contributed by atoms with Crippen molar-refractivity contribution in [2.75, 3.05) is 6.61 Å². The van der Waals surface area contributed by atoms with Crippen LogP contribution in [0.25, 0.3) is 0 Å². The number of benzene rings is 1. The van der Waals surface area contributed by atoms with Crippen molar-refractivity contribution in [2.24, 2.45) is 16.8 Å². The first-order valence-electron chi connectivity index (χ1n) is 5.01. The Morgan fingerprint density at radius 2 is 2.20 bits per heavy atom. The summed E-state index contributed by atoms with van der Waals surface area (Å²) < 4.78 is 5.61. The van der Waals surface area contributed by atoms with E-state index in [1.165, 1.54) is 12.8 Å². The van der Waals surface area contributed by atoms with E-state index in [-0.39, 0.29) is 5.84 Å². The highest BCUT2D eigenvalue weighted by molar-refractivity contribution is 5.99. The molecule has 0 atom stereocenters. The fourth-order valence-corrected chi connectivity index (χ4v) is 1.35. The number of hydrogen-bond acceptors (Lipinski definition) is 3. The Balaban J connectivity index is 2.12. The van der Waals surface area contributed by atoms with Gasteiger partial charge in [-0.2, -0.15) is 0 Å². The zero-order valence-electron chi connectivity index (χ0n) is 8.39. The summed E-state index contributed by atoms with van der Waals surface area (Å²) in [5.41, 5.74) is 6.18. The highest BCUT2D eigenvalue weighted by atomic mass is 16.5. The van der Waals surface area contributed by atoms with E-state index in [4.69, 9.17) is 15.7 Å². The minimum absolute atomic E-state index is 0.0846. The zero-order valence-corrected chi connectivity index (χ0v) is 8.39. The average molecular weight is 206 g/mol. The van der Waals surface area contributed by atoms with Crippen molar-refractivity contribution in [1.82, 2.24) is 0 Å². The van der Waals surface area contributed by atoms with Crippen LogP contribution < -0.4 is 10.5 Å². The Labute approximate surface area is 88.3 Å². The van der Waals surface area contributed by atoms with Gasteiger partial charge in [-0.1, -0.05) is 17.3 Å².